The summed E-state index contributed by atoms with van der Waals surface area (Å²) < 4.78 is 17.1. The van der Waals surface area contributed by atoms with E-state index >= 15 is 0 Å². The van der Waals surface area contributed by atoms with Gasteiger partial charge in [-0.3, -0.25) is 4.21 Å². The molecule has 0 saturated carbocycles. The maximum Gasteiger partial charge on any atom is 0.118 e. The largest absolute Gasteiger partial charge is 0.497 e. The Labute approximate surface area is 120 Å². The van der Waals surface area contributed by atoms with Crippen molar-refractivity contribution in [1.82, 2.24) is 4.98 Å². The summed E-state index contributed by atoms with van der Waals surface area (Å²) in [7, 11) is 0.804. The first-order valence-corrected chi connectivity index (χ1v) is 8.37. The second-order valence-corrected chi connectivity index (χ2v) is 7.15. The number of hydrogen-bond donors (Lipinski definition) is 0. The fraction of sp³-hybridized carbons (Fsp3) is 0.357. The Morgan fingerprint density at radius 3 is 2.63 bits per heavy atom. The van der Waals surface area contributed by atoms with Crippen molar-refractivity contribution in [3.63, 3.8) is 0 Å². The molecule has 0 fully saturated rings. The molecule has 0 saturated heterocycles. The van der Waals surface area contributed by atoms with Crippen LogP contribution in [0.3, 0.4) is 0 Å². The third kappa shape index (κ3) is 4.44. The first-order valence-electron chi connectivity index (χ1n) is 6.06. The van der Waals surface area contributed by atoms with E-state index in [1.807, 2.05) is 37.4 Å². The maximum atomic E-state index is 12.0. The van der Waals surface area contributed by atoms with Gasteiger partial charge in [-0.15, -0.1) is 11.3 Å². The molecule has 0 spiro atoms. The molecule has 3 nitrogen and oxygen atoms in total. The number of hydrogen-bond acceptors (Lipinski definition) is 4. The minimum absolute atomic E-state index is 0.564. The number of thiazole rings is 1. The Hall–Kier alpha value is -1.20. The van der Waals surface area contributed by atoms with Gasteiger partial charge in [0.05, 0.1) is 12.9 Å². The molecule has 0 radical (unpaired) electrons. The fourth-order valence-electron chi connectivity index (χ4n) is 1.70. The van der Waals surface area contributed by atoms with Crippen LogP contribution < -0.4 is 4.74 Å². The van der Waals surface area contributed by atoms with E-state index in [1.165, 1.54) is 10.4 Å². The number of rotatable bonds is 6. The van der Waals surface area contributed by atoms with Gasteiger partial charge in [-0.25, -0.2) is 4.98 Å². The maximum absolute atomic E-state index is 12.0. The quantitative estimate of drug-likeness (QED) is 0.822. The zero-order valence-electron chi connectivity index (χ0n) is 11.1. The minimum Gasteiger partial charge on any atom is -0.497 e. The average Bonchev–Trinajstić information content (AvgIpc) is 2.82. The summed E-state index contributed by atoms with van der Waals surface area (Å²) in [6, 6.07) is 7.90. The van der Waals surface area contributed by atoms with Crippen LogP contribution >= 0.6 is 11.3 Å². The van der Waals surface area contributed by atoms with Gasteiger partial charge in [0.25, 0.3) is 0 Å². The number of nitrogens with zero attached hydrogens (tertiary/aromatic N) is 1. The third-order valence-corrected chi connectivity index (χ3v) is 5.08. The minimum atomic E-state index is -0.849. The Morgan fingerprint density at radius 1 is 1.32 bits per heavy atom. The van der Waals surface area contributed by atoms with Crippen molar-refractivity contribution in [3.8, 4) is 5.75 Å². The fourth-order valence-corrected chi connectivity index (χ4v) is 3.87. The number of ether oxygens (including phenoxy) is 1. The molecular weight excluding hydrogens is 278 g/mol. The highest BCUT2D eigenvalue weighted by atomic mass is 32.2. The van der Waals surface area contributed by atoms with Crippen molar-refractivity contribution in [2.75, 3.05) is 12.9 Å². The molecule has 0 bridgehead atoms. The molecule has 1 atom stereocenters. The summed E-state index contributed by atoms with van der Waals surface area (Å²) >= 11 is 1.62. The lowest BCUT2D eigenvalue weighted by Gasteiger charge is -2.03. The van der Waals surface area contributed by atoms with E-state index in [-0.39, 0.29) is 0 Å². The normalized spacial score (nSPS) is 12.3. The average molecular weight is 295 g/mol. The first kappa shape index (κ1) is 14.2. The predicted octanol–water partition coefficient (Wildman–Crippen LogP) is 2.95. The topological polar surface area (TPSA) is 39.2 Å². The van der Waals surface area contributed by atoms with Crippen molar-refractivity contribution in [2.24, 2.45) is 0 Å². The molecule has 0 amide bonds. The Bertz CT molecular complexity index is 549. The van der Waals surface area contributed by atoms with Gasteiger partial charge >= 0.3 is 0 Å². The van der Waals surface area contributed by atoms with Crippen LogP contribution in [0.25, 0.3) is 0 Å². The van der Waals surface area contributed by atoms with Crippen LogP contribution in [0.5, 0.6) is 5.75 Å². The van der Waals surface area contributed by atoms with E-state index in [2.05, 4.69) is 4.98 Å². The lowest BCUT2D eigenvalue weighted by atomic mass is 10.2. The van der Waals surface area contributed by atoms with Gasteiger partial charge in [0.2, 0.25) is 0 Å². The molecule has 5 heteroatoms. The smallest absolute Gasteiger partial charge is 0.118 e. The van der Waals surface area contributed by atoms with E-state index in [9.17, 15) is 4.21 Å². The monoisotopic (exact) mass is 295 g/mol. The van der Waals surface area contributed by atoms with Gasteiger partial charge in [-0.05, 0) is 31.0 Å². The van der Waals surface area contributed by atoms with E-state index in [1.54, 1.807) is 18.4 Å². The molecule has 0 aliphatic heterocycles. The molecule has 1 aromatic heterocycles. The van der Waals surface area contributed by atoms with Gasteiger partial charge in [-0.2, -0.15) is 0 Å². The summed E-state index contributed by atoms with van der Waals surface area (Å²) in [6.07, 6.45) is 2.65. The SMILES string of the molecule is COc1ccc(CC[S@](=O)Cc2ncc(C)s2)cc1. The molecule has 1 heterocycles. The van der Waals surface area contributed by atoms with Gasteiger partial charge in [0.1, 0.15) is 10.8 Å². The first-order chi connectivity index (χ1) is 9.17. The number of methoxy groups -OCH3 is 1. The number of benzene rings is 1. The highest BCUT2D eigenvalue weighted by Crippen LogP contribution is 2.15. The van der Waals surface area contributed by atoms with Crippen molar-refractivity contribution < 1.29 is 8.95 Å². The third-order valence-electron chi connectivity index (χ3n) is 2.73. The van der Waals surface area contributed by atoms with Gasteiger partial charge in [0.15, 0.2) is 0 Å². The summed E-state index contributed by atoms with van der Waals surface area (Å²) in [5, 5.41) is 0.963. The van der Waals surface area contributed by atoms with E-state index in [0.29, 0.717) is 11.5 Å². The highest BCUT2D eigenvalue weighted by Gasteiger charge is 2.06. The molecular formula is C14H17NO2S2. The molecule has 0 N–H and O–H groups in total. The Kier molecular flexibility index (Phi) is 5.10. The zero-order chi connectivity index (χ0) is 13.7. The van der Waals surface area contributed by atoms with Crippen LogP contribution in [-0.2, 0) is 23.0 Å². The molecule has 0 aliphatic carbocycles. The summed E-state index contributed by atoms with van der Waals surface area (Å²) in [5.74, 6) is 2.09. The van der Waals surface area contributed by atoms with Crippen LogP contribution in [0.15, 0.2) is 30.5 Å². The standard InChI is InChI=1S/C14H17NO2S2/c1-11-9-15-14(18-11)10-19(16)8-7-12-3-5-13(17-2)6-4-12/h3-6,9H,7-8,10H2,1-2H3/t19-/m0/s1. The molecule has 1 aromatic carbocycles. The lowest BCUT2D eigenvalue weighted by Crippen LogP contribution is -2.03. The van der Waals surface area contributed by atoms with E-state index < -0.39 is 10.8 Å². The molecule has 0 aliphatic rings. The van der Waals surface area contributed by atoms with Crippen molar-refractivity contribution in [3.05, 3.63) is 45.9 Å². The predicted molar refractivity (Wildman–Crippen MR) is 80.3 cm³/mol. The summed E-state index contributed by atoms with van der Waals surface area (Å²) in [5.41, 5.74) is 1.18. The van der Waals surface area contributed by atoms with Crippen molar-refractivity contribution in [2.45, 2.75) is 19.1 Å². The van der Waals surface area contributed by atoms with E-state index in [4.69, 9.17) is 4.74 Å². The molecule has 2 aromatic rings. The van der Waals surface area contributed by atoms with Crippen LogP contribution in [-0.4, -0.2) is 22.1 Å². The van der Waals surface area contributed by atoms with Crippen LogP contribution in [0.1, 0.15) is 15.4 Å². The second-order valence-electron chi connectivity index (χ2n) is 4.25. The number of aromatic nitrogens is 1. The second kappa shape index (κ2) is 6.82. The highest BCUT2D eigenvalue weighted by molar-refractivity contribution is 7.84. The zero-order valence-corrected chi connectivity index (χ0v) is 12.7. The van der Waals surface area contributed by atoms with Crippen LogP contribution in [0, 0.1) is 6.92 Å². The van der Waals surface area contributed by atoms with Gasteiger partial charge in [0, 0.05) is 27.6 Å². The van der Waals surface area contributed by atoms with Crippen molar-refractivity contribution in [1.29, 1.82) is 0 Å². The van der Waals surface area contributed by atoms with E-state index in [0.717, 1.165) is 17.2 Å². The Morgan fingerprint density at radius 2 is 2.05 bits per heavy atom. The summed E-state index contributed by atoms with van der Waals surface area (Å²) in [4.78, 5) is 5.41. The van der Waals surface area contributed by atoms with Crippen LogP contribution in [0.4, 0.5) is 0 Å². The van der Waals surface area contributed by atoms with Crippen molar-refractivity contribution >= 4 is 22.1 Å². The molecule has 0 unspecified atom stereocenters. The molecule has 2 rings (SSSR count). The van der Waals surface area contributed by atoms with Gasteiger partial charge in [-0.1, -0.05) is 12.1 Å². The van der Waals surface area contributed by atoms with Crippen LogP contribution in [0.2, 0.25) is 0 Å². The number of aryl methyl sites for hydroxylation is 2. The lowest BCUT2D eigenvalue weighted by molar-refractivity contribution is 0.414. The summed E-state index contributed by atoms with van der Waals surface area (Å²) in [6.45, 7) is 2.02. The van der Waals surface area contributed by atoms with Gasteiger partial charge < -0.3 is 4.74 Å². The molecule has 102 valence electrons. The molecule has 19 heavy (non-hydrogen) atoms. The Balaban J connectivity index is 1.82.